The third-order valence-corrected chi connectivity index (χ3v) is 5.63. The fraction of sp³-hybridized carbons (Fsp3) is 0.571. The summed E-state index contributed by atoms with van der Waals surface area (Å²) in [7, 11) is 0. The highest BCUT2D eigenvalue weighted by atomic mass is 15.2. The summed E-state index contributed by atoms with van der Waals surface area (Å²) in [5.74, 6) is 0. The summed E-state index contributed by atoms with van der Waals surface area (Å²) in [6, 6.07) is 9.10. The van der Waals surface area contributed by atoms with Gasteiger partial charge in [-0.2, -0.15) is 0 Å². The van der Waals surface area contributed by atoms with Crippen LogP contribution in [0.3, 0.4) is 0 Å². The van der Waals surface area contributed by atoms with Crippen LogP contribution < -0.4 is 11.1 Å². The van der Waals surface area contributed by atoms with E-state index in [2.05, 4.69) is 69.4 Å². The zero-order valence-corrected chi connectivity index (χ0v) is 15.5. The zero-order valence-electron chi connectivity index (χ0n) is 15.5. The van der Waals surface area contributed by atoms with Gasteiger partial charge in [-0.15, -0.1) is 0 Å². The highest BCUT2D eigenvalue weighted by Gasteiger charge is 2.45. The molecule has 3 N–H and O–H groups in total. The lowest BCUT2D eigenvalue weighted by molar-refractivity contribution is 0.172. The van der Waals surface area contributed by atoms with Crippen LogP contribution in [0.4, 0.5) is 0 Å². The Morgan fingerprint density at radius 1 is 1.12 bits per heavy atom. The van der Waals surface area contributed by atoms with Crippen molar-refractivity contribution in [1.29, 1.82) is 0 Å². The maximum Gasteiger partial charge on any atom is 0.123 e. The van der Waals surface area contributed by atoms with Crippen LogP contribution in [0.25, 0.3) is 0 Å². The van der Waals surface area contributed by atoms with E-state index < -0.39 is 5.54 Å². The van der Waals surface area contributed by atoms with Gasteiger partial charge in [0, 0.05) is 6.04 Å². The number of dihydropyridines is 1. The second kappa shape index (κ2) is 6.45. The standard InChI is InChI=1S/C21H31N3/c1-15-9-11-16(12-10-15)18-13-14-21(22,20(2,3)4)19(24-18)23-17-7-5-6-8-17/h9-14,17,19,23H,5-8,22H2,1-4H3. The molecule has 1 aromatic carbocycles. The van der Waals surface area contributed by atoms with Gasteiger partial charge in [0.2, 0.25) is 0 Å². The van der Waals surface area contributed by atoms with Crippen molar-refractivity contribution in [3.8, 4) is 0 Å². The molecule has 1 fully saturated rings. The van der Waals surface area contributed by atoms with Gasteiger partial charge in [0.05, 0.1) is 11.3 Å². The van der Waals surface area contributed by atoms with Gasteiger partial charge < -0.3 is 5.73 Å². The molecule has 0 spiro atoms. The monoisotopic (exact) mass is 325 g/mol. The molecule has 0 saturated heterocycles. The normalized spacial score (nSPS) is 28.2. The molecule has 3 heteroatoms. The summed E-state index contributed by atoms with van der Waals surface area (Å²) in [5.41, 5.74) is 9.77. The molecule has 1 aromatic rings. The summed E-state index contributed by atoms with van der Waals surface area (Å²) >= 11 is 0. The van der Waals surface area contributed by atoms with Gasteiger partial charge in [0.15, 0.2) is 0 Å². The number of hydrogen-bond acceptors (Lipinski definition) is 3. The summed E-state index contributed by atoms with van der Waals surface area (Å²) < 4.78 is 0. The Labute approximate surface area is 146 Å². The minimum absolute atomic E-state index is 0.0674. The van der Waals surface area contributed by atoms with E-state index >= 15 is 0 Å². The Bertz CT molecular complexity index is 630. The first-order valence-corrected chi connectivity index (χ1v) is 9.19. The van der Waals surface area contributed by atoms with E-state index in [9.17, 15) is 0 Å². The molecule has 1 aliphatic heterocycles. The number of aryl methyl sites for hydroxylation is 1. The van der Waals surface area contributed by atoms with Crippen LogP contribution in [0.15, 0.2) is 41.4 Å². The van der Waals surface area contributed by atoms with Crippen LogP contribution in [0.2, 0.25) is 0 Å². The van der Waals surface area contributed by atoms with E-state index in [1.165, 1.54) is 31.2 Å². The molecule has 0 aromatic heterocycles. The minimum Gasteiger partial charge on any atom is -0.319 e. The average Bonchev–Trinajstić information content (AvgIpc) is 3.02. The average molecular weight is 326 g/mol. The summed E-state index contributed by atoms with van der Waals surface area (Å²) in [4.78, 5) is 5.06. The van der Waals surface area contributed by atoms with Crippen molar-refractivity contribution < 1.29 is 0 Å². The maximum absolute atomic E-state index is 6.87. The van der Waals surface area contributed by atoms with Crippen LogP contribution in [-0.2, 0) is 0 Å². The van der Waals surface area contributed by atoms with Gasteiger partial charge in [0.1, 0.15) is 6.17 Å². The molecule has 130 valence electrons. The molecular weight excluding hydrogens is 294 g/mol. The lowest BCUT2D eigenvalue weighted by Crippen LogP contribution is -2.64. The van der Waals surface area contributed by atoms with Crippen LogP contribution in [0.5, 0.6) is 0 Å². The zero-order chi connectivity index (χ0) is 17.4. The molecule has 2 aliphatic rings. The van der Waals surface area contributed by atoms with Gasteiger partial charge in [-0.25, -0.2) is 0 Å². The van der Waals surface area contributed by atoms with Crippen molar-refractivity contribution in [2.45, 2.75) is 71.1 Å². The van der Waals surface area contributed by atoms with Crippen molar-refractivity contribution in [2.24, 2.45) is 16.1 Å². The Hall–Kier alpha value is -1.45. The highest BCUT2D eigenvalue weighted by Crippen LogP contribution is 2.36. The van der Waals surface area contributed by atoms with Crippen molar-refractivity contribution in [3.63, 3.8) is 0 Å². The SMILES string of the molecule is Cc1ccc(C2=NC(NC3CCCC3)C(N)(C(C)(C)C)C=C2)cc1. The Kier molecular flexibility index (Phi) is 4.67. The number of benzene rings is 1. The predicted octanol–water partition coefficient (Wildman–Crippen LogP) is 3.96. The Morgan fingerprint density at radius 3 is 2.33 bits per heavy atom. The first kappa shape index (κ1) is 17.4. The fourth-order valence-electron chi connectivity index (χ4n) is 3.64. The van der Waals surface area contributed by atoms with Crippen LogP contribution >= 0.6 is 0 Å². The molecule has 2 atom stereocenters. The van der Waals surface area contributed by atoms with Crippen molar-refractivity contribution in [2.75, 3.05) is 0 Å². The molecule has 1 aliphatic carbocycles. The highest BCUT2D eigenvalue weighted by molar-refractivity contribution is 6.09. The molecule has 1 saturated carbocycles. The Balaban J connectivity index is 1.92. The lowest BCUT2D eigenvalue weighted by atomic mass is 9.70. The summed E-state index contributed by atoms with van der Waals surface area (Å²) in [6.07, 6.45) is 9.27. The predicted molar refractivity (Wildman–Crippen MR) is 102 cm³/mol. The van der Waals surface area contributed by atoms with Gasteiger partial charge >= 0.3 is 0 Å². The van der Waals surface area contributed by atoms with Crippen LogP contribution in [0, 0.1) is 12.3 Å². The van der Waals surface area contributed by atoms with E-state index in [1.54, 1.807) is 0 Å². The van der Waals surface area contributed by atoms with Crippen LogP contribution in [0.1, 0.15) is 57.6 Å². The number of allylic oxidation sites excluding steroid dienone is 1. The van der Waals surface area contributed by atoms with Gasteiger partial charge in [-0.1, -0.05) is 69.5 Å². The third kappa shape index (κ3) is 3.33. The molecule has 3 nitrogen and oxygen atoms in total. The van der Waals surface area contributed by atoms with Crippen molar-refractivity contribution >= 4 is 5.71 Å². The number of rotatable bonds is 3. The molecule has 1 heterocycles. The lowest BCUT2D eigenvalue weighted by Gasteiger charge is -2.46. The summed E-state index contributed by atoms with van der Waals surface area (Å²) in [6.45, 7) is 8.71. The first-order chi connectivity index (χ1) is 11.3. The van der Waals surface area contributed by atoms with E-state index in [0.717, 1.165) is 11.3 Å². The summed E-state index contributed by atoms with van der Waals surface area (Å²) in [5, 5.41) is 3.76. The largest absolute Gasteiger partial charge is 0.319 e. The molecule has 3 rings (SSSR count). The molecule has 0 radical (unpaired) electrons. The molecule has 24 heavy (non-hydrogen) atoms. The van der Waals surface area contributed by atoms with Gasteiger partial charge in [-0.05, 0) is 36.8 Å². The number of aliphatic imine (C=N–C) groups is 1. The fourth-order valence-corrected chi connectivity index (χ4v) is 3.64. The maximum atomic E-state index is 6.87. The quantitative estimate of drug-likeness (QED) is 0.884. The van der Waals surface area contributed by atoms with Crippen molar-refractivity contribution in [3.05, 3.63) is 47.5 Å². The molecule has 2 unspecified atom stereocenters. The number of nitrogens with zero attached hydrogens (tertiary/aromatic N) is 1. The topological polar surface area (TPSA) is 50.4 Å². The number of hydrogen-bond donors (Lipinski definition) is 2. The van der Waals surface area contributed by atoms with Gasteiger partial charge in [-0.3, -0.25) is 10.3 Å². The van der Waals surface area contributed by atoms with E-state index in [1.807, 2.05) is 0 Å². The number of nitrogens with one attached hydrogen (secondary N) is 1. The van der Waals surface area contributed by atoms with E-state index in [0.29, 0.717) is 6.04 Å². The molecule has 0 amide bonds. The van der Waals surface area contributed by atoms with E-state index in [4.69, 9.17) is 10.7 Å². The van der Waals surface area contributed by atoms with E-state index in [-0.39, 0.29) is 11.6 Å². The van der Waals surface area contributed by atoms with Crippen LogP contribution in [-0.4, -0.2) is 23.5 Å². The van der Waals surface area contributed by atoms with Gasteiger partial charge in [0.25, 0.3) is 0 Å². The first-order valence-electron chi connectivity index (χ1n) is 9.19. The van der Waals surface area contributed by atoms with Crippen molar-refractivity contribution in [1.82, 2.24) is 5.32 Å². The second-order valence-corrected chi connectivity index (χ2v) is 8.45. The third-order valence-electron chi connectivity index (χ3n) is 5.63. The minimum atomic E-state index is -0.482. The Morgan fingerprint density at radius 2 is 1.75 bits per heavy atom. The number of nitrogens with two attached hydrogens (primary N) is 1. The smallest absolute Gasteiger partial charge is 0.123 e. The second-order valence-electron chi connectivity index (χ2n) is 8.45. The molecular formula is C21H31N3. The molecule has 0 bridgehead atoms.